The third-order valence-electron chi connectivity index (χ3n) is 5.19. The summed E-state index contributed by atoms with van der Waals surface area (Å²) >= 11 is 6.08. The van der Waals surface area contributed by atoms with Crippen LogP contribution in [0.3, 0.4) is 0 Å². The lowest BCUT2D eigenvalue weighted by atomic mass is 10.1. The van der Waals surface area contributed by atoms with Crippen LogP contribution in [0.1, 0.15) is 37.3 Å². The fraction of sp³-hybridized carbons (Fsp3) is 0.409. The number of carbonyl (C=O) groups is 1. The van der Waals surface area contributed by atoms with Crippen molar-refractivity contribution >= 4 is 17.5 Å². The monoisotopic (exact) mass is 370 g/mol. The highest BCUT2D eigenvalue weighted by Crippen LogP contribution is 2.22. The summed E-state index contributed by atoms with van der Waals surface area (Å²) < 4.78 is 0. The molecule has 4 heteroatoms. The summed E-state index contributed by atoms with van der Waals surface area (Å²) in [5.74, 6) is 0.253. The molecule has 26 heavy (non-hydrogen) atoms. The summed E-state index contributed by atoms with van der Waals surface area (Å²) in [4.78, 5) is 17.1. The first kappa shape index (κ1) is 18.9. The van der Waals surface area contributed by atoms with Gasteiger partial charge in [0.1, 0.15) is 0 Å². The van der Waals surface area contributed by atoms with Crippen molar-refractivity contribution in [3.63, 3.8) is 0 Å². The van der Waals surface area contributed by atoms with E-state index in [0.717, 1.165) is 43.1 Å². The molecule has 1 fully saturated rings. The number of benzene rings is 2. The van der Waals surface area contributed by atoms with Gasteiger partial charge in [-0.2, -0.15) is 0 Å². The van der Waals surface area contributed by atoms with Crippen LogP contribution in [0.2, 0.25) is 5.02 Å². The van der Waals surface area contributed by atoms with E-state index in [1.807, 2.05) is 29.2 Å². The van der Waals surface area contributed by atoms with Crippen LogP contribution in [0, 0.1) is 0 Å². The van der Waals surface area contributed by atoms with Gasteiger partial charge in [-0.1, -0.05) is 61.0 Å². The molecule has 1 atom stereocenters. The highest BCUT2D eigenvalue weighted by atomic mass is 35.5. The number of nitrogens with zero attached hydrogens (tertiary/aromatic N) is 2. The molecule has 0 aromatic heterocycles. The Bertz CT molecular complexity index is 719. The molecule has 1 aliphatic heterocycles. The minimum absolute atomic E-state index is 0.253. The van der Waals surface area contributed by atoms with Gasteiger partial charge in [0.05, 0.1) is 0 Å². The van der Waals surface area contributed by atoms with Crippen LogP contribution in [0.4, 0.5) is 0 Å². The summed E-state index contributed by atoms with van der Waals surface area (Å²) in [6, 6.07) is 18.8. The maximum Gasteiger partial charge on any atom is 0.222 e. The minimum Gasteiger partial charge on any atom is -0.338 e. The van der Waals surface area contributed by atoms with E-state index in [1.165, 1.54) is 5.56 Å². The Morgan fingerprint density at radius 3 is 2.58 bits per heavy atom. The smallest absolute Gasteiger partial charge is 0.222 e. The fourth-order valence-corrected chi connectivity index (χ4v) is 3.94. The van der Waals surface area contributed by atoms with E-state index in [-0.39, 0.29) is 5.91 Å². The largest absolute Gasteiger partial charge is 0.338 e. The molecule has 0 bridgehead atoms. The highest BCUT2D eigenvalue weighted by molar-refractivity contribution is 6.30. The molecule has 1 unspecified atom stereocenters. The molecule has 1 saturated heterocycles. The van der Waals surface area contributed by atoms with E-state index in [1.54, 1.807) is 0 Å². The lowest BCUT2D eigenvalue weighted by Crippen LogP contribution is -2.35. The second kappa shape index (κ2) is 9.20. The molecule has 1 heterocycles. The standard InChI is InChI=1S/C22H27ClN2O/c1-2-24(16-18-7-4-3-5-8-18)21-11-12-22(26)25(14-13-21)17-19-9-6-10-20(23)15-19/h3-10,15,21H,2,11-14,16-17H2,1H3. The second-order valence-electron chi connectivity index (χ2n) is 6.98. The van der Waals surface area contributed by atoms with Gasteiger partial charge in [0.2, 0.25) is 5.91 Å². The topological polar surface area (TPSA) is 23.6 Å². The summed E-state index contributed by atoms with van der Waals surface area (Å²) in [5, 5.41) is 0.725. The molecular weight excluding hydrogens is 344 g/mol. The van der Waals surface area contributed by atoms with Gasteiger partial charge in [0.25, 0.3) is 0 Å². The molecule has 1 aliphatic rings. The number of amides is 1. The number of hydrogen-bond acceptors (Lipinski definition) is 2. The normalized spacial score (nSPS) is 18.2. The van der Waals surface area contributed by atoms with Crippen molar-refractivity contribution in [1.82, 2.24) is 9.80 Å². The fourth-order valence-electron chi connectivity index (χ4n) is 3.73. The van der Waals surface area contributed by atoms with Crippen molar-refractivity contribution < 1.29 is 4.79 Å². The predicted octanol–water partition coefficient (Wildman–Crippen LogP) is 4.74. The second-order valence-corrected chi connectivity index (χ2v) is 7.41. The third-order valence-corrected chi connectivity index (χ3v) is 5.43. The first-order valence-electron chi connectivity index (χ1n) is 9.46. The van der Waals surface area contributed by atoms with Crippen LogP contribution >= 0.6 is 11.6 Å². The quantitative estimate of drug-likeness (QED) is 0.733. The Morgan fingerprint density at radius 1 is 1.08 bits per heavy atom. The molecule has 1 amide bonds. The number of likely N-dealkylation sites (tertiary alicyclic amines) is 1. The van der Waals surface area contributed by atoms with Crippen molar-refractivity contribution in [2.75, 3.05) is 13.1 Å². The zero-order valence-electron chi connectivity index (χ0n) is 15.4. The Morgan fingerprint density at radius 2 is 1.85 bits per heavy atom. The van der Waals surface area contributed by atoms with Crippen LogP contribution in [0.15, 0.2) is 54.6 Å². The number of carbonyl (C=O) groups excluding carboxylic acids is 1. The molecule has 138 valence electrons. The van der Waals surface area contributed by atoms with Crippen molar-refractivity contribution in [3.05, 3.63) is 70.7 Å². The predicted molar refractivity (Wildman–Crippen MR) is 107 cm³/mol. The first-order valence-corrected chi connectivity index (χ1v) is 9.83. The van der Waals surface area contributed by atoms with Gasteiger partial charge < -0.3 is 4.90 Å². The van der Waals surface area contributed by atoms with Gasteiger partial charge in [-0.25, -0.2) is 0 Å². The molecule has 2 aromatic rings. The Kier molecular flexibility index (Phi) is 6.70. The number of halogens is 1. The summed E-state index contributed by atoms with van der Waals surface area (Å²) in [6.45, 7) is 5.62. The average Bonchev–Trinajstić information content (AvgIpc) is 2.83. The lowest BCUT2D eigenvalue weighted by molar-refractivity contribution is -0.131. The van der Waals surface area contributed by atoms with Crippen LogP contribution < -0.4 is 0 Å². The zero-order chi connectivity index (χ0) is 18.4. The molecule has 0 N–H and O–H groups in total. The maximum atomic E-state index is 12.6. The van der Waals surface area contributed by atoms with Crippen LogP contribution in [-0.2, 0) is 17.9 Å². The highest BCUT2D eigenvalue weighted by Gasteiger charge is 2.26. The summed E-state index contributed by atoms with van der Waals surface area (Å²) in [7, 11) is 0. The summed E-state index contributed by atoms with van der Waals surface area (Å²) in [6.07, 6.45) is 2.58. The zero-order valence-corrected chi connectivity index (χ0v) is 16.2. The van der Waals surface area contributed by atoms with Crippen LogP contribution in [0.25, 0.3) is 0 Å². The molecule has 0 spiro atoms. The first-order chi connectivity index (χ1) is 12.7. The average molecular weight is 371 g/mol. The SMILES string of the molecule is CCN(Cc1ccccc1)C1CCC(=O)N(Cc2cccc(Cl)c2)CC1. The molecule has 3 nitrogen and oxygen atoms in total. The van der Waals surface area contributed by atoms with E-state index in [9.17, 15) is 4.79 Å². The van der Waals surface area contributed by atoms with Gasteiger partial charge in [-0.3, -0.25) is 9.69 Å². The van der Waals surface area contributed by atoms with Gasteiger partial charge >= 0.3 is 0 Å². The van der Waals surface area contributed by atoms with Crippen molar-refractivity contribution in [3.8, 4) is 0 Å². The van der Waals surface area contributed by atoms with Gasteiger partial charge in [0, 0.05) is 37.1 Å². The molecule has 0 aliphatic carbocycles. The van der Waals surface area contributed by atoms with Gasteiger partial charge in [0.15, 0.2) is 0 Å². The molecular formula is C22H27ClN2O. The number of rotatable bonds is 6. The van der Waals surface area contributed by atoms with Crippen molar-refractivity contribution in [2.45, 2.75) is 45.3 Å². The molecule has 3 rings (SSSR count). The van der Waals surface area contributed by atoms with E-state index in [0.29, 0.717) is 19.0 Å². The Balaban J connectivity index is 1.63. The Hall–Kier alpha value is -1.84. The van der Waals surface area contributed by atoms with Crippen molar-refractivity contribution in [2.24, 2.45) is 0 Å². The van der Waals surface area contributed by atoms with Gasteiger partial charge in [-0.05, 0) is 42.6 Å². The van der Waals surface area contributed by atoms with Crippen molar-refractivity contribution in [1.29, 1.82) is 0 Å². The van der Waals surface area contributed by atoms with E-state index in [4.69, 9.17) is 11.6 Å². The van der Waals surface area contributed by atoms with E-state index in [2.05, 4.69) is 42.2 Å². The van der Waals surface area contributed by atoms with E-state index >= 15 is 0 Å². The molecule has 2 aromatic carbocycles. The maximum absolute atomic E-state index is 12.6. The minimum atomic E-state index is 0.253. The van der Waals surface area contributed by atoms with Crippen LogP contribution in [0.5, 0.6) is 0 Å². The summed E-state index contributed by atoms with van der Waals surface area (Å²) in [5.41, 5.74) is 2.43. The molecule has 0 radical (unpaired) electrons. The molecule has 0 saturated carbocycles. The van der Waals surface area contributed by atoms with E-state index < -0.39 is 0 Å². The number of hydrogen-bond donors (Lipinski definition) is 0. The third kappa shape index (κ3) is 5.09. The lowest BCUT2D eigenvalue weighted by Gasteiger charge is -2.30. The van der Waals surface area contributed by atoms with Gasteiger partial charge in [-0.15, -0.1) is 0 Å². The van der Waals surface area contributed by atoms with Crippen LogP contribution in [-0.4, -0.2) is 34.8 Å². The Labute approximate surface area is 161 Å².